The first kappa shape index (κ1) is 67.5. The summed E-state index contributed by atoms with van der Waals surface area (Å²) in [6.07, 6.45) is 23.3. The lowest BCUT2D eigenvalue weighted by Gasteiger charge is -2.24. The number of hydrogen-bond acceptors (Lipinski definition) is 13. The Bertz CT molecular complexity index is 1520. The van der Waals surface area contributed by atoms with Crippen LogP contribution in [0.1, 0.15) is 242 Å². The number of phosphoric ester groups is 1. The fourth-order valence-corrected chi connectivity index (χ4v) is 8.55. The average Bonchev–Trinajstić information content (AvgIpc) is 3.23. The van der Waals surface area contributed by atoms with Crippen LogP contribution in [0.15, 0.2) is 0 Å². The number of unbranched alkanes of at least 4 members (excludes halogenated alkanes) is 21. The summed E-state index contributed by atoms with van der Waals surface area (Å²) in [5.74, 6) is -3.01. The van der Waals surface area contributed by atoms with E-state index in [1.54, 1.807) is 55.4 Å². The number of esters is 2. The Labute approximate surface area is 426 Å². The van der Waals surface area contributed by atoms with Crippen LogP contribution in [-0.4, -0.2) is 100 Å². The zero-order valence-corrected chi connectivity index (χ0v) is 45.9. The van der Waals surface area contributed by atoms with Gasteiger partial charge in [0.1, 0.15) is 17.8 Å². The largest absolute Gasteiger partial charge is 0.481 e. The fraction of sp³-hybridized carbons (Fsp3) is 0.885. The Hall–Kier alpha value is -3.47. The first-order chi connectivity index (χ1) is 33.4. The third-order valence-corrected chi connectivity index (χ3v) is 12.3. The zero-order valence-electron chi connectivity index (χ0n) is 45.0. The van der Waals surface area contributed by atoms with Crippen molar-refractivity contribution < 1.29 is 76.4 Å². The quantitative estimate of drug-likeness (QED) is 0.0164. The van der Waals surface area contributed by atoms with Gasteiger partial charge in [-0.05, 0) is 87.0 Å². The predicted octanol–water partition coefficient (Wildman–Crippen LogP) is 12.5. The molecule has 2 amide bonds. The average molecular weight is 1040 g/mol. The third-order valence-electron chi connectivity index (χ3n) is 11.4. The third kappa shape index (κ3) is 47.3. The first-order valence-corrected chi connectivity index (χ1v) is 28.2. The van der Waals surface area contributed by atoms with E-state index in [0.717, 1.165) is 135 Å². The molecule has 0 aromatic carbocycles. The highest BCUT2D eigenvalue weighted by Crippen LogP contribution is 2.44. The number of carbonyl (C=O) groups excluding carboxylic acids is 4. The minimum Gasteiger partial charge on any atom is -0.481 e. The molecule has 5 N–H and O–H groups in total. The van der Waals surface area contributed by atoms with Gasteiger partial charge < -0.3 is 44.7 Å². The molecule has 0 saturated carbocycles. The van der Waals surface area contributed by atoms with Gasteiger partial charge in [-0.15, -0.1) is 0 Å². The maximum Gasteiger partial charge on any atom is 0.472 e. The van der Waals surface area contributed by atoms with E-state index in [-0.39, 0.29) is 38.2 Å². The molecule has 0 spiro atoms. The lowest BCUT2D eigenvalue weighted by molar-refractivity contribution is -0.161. The minimum absolute atomic E-state index is 0.00756. The van der Waals surface area contributed by atoms with Crippen LogP contribution in [0.3, 0.4) is 0 Å². The number of alkyl carbamates (subject to hydrolysis) is 2. The summed E-state index contributed by atoms with van der Waals surface area (Å²) in [6.45, 7) is 12.2. The molecule has 0 aromatic rings. The number of aliphatic carboxylic acids is 2. The minimum atomic E-state index is -4.68. The van der Waals surface area contributed by atoms with Crippen molar-refractivity contribution in [3.63, 3.8) is 0 Å². The smallest absolute Gasteiger partial charge is 0.472 e. The van der Waals surface area contributed by atoms with Gasteiger partial charge in [0.05, 0.1) is 26.1 Å². The standard InChI is InChI=1S/C52H97N2O16P/c1-41(53-49(61)69-51(3,4)5)36-47(59)65-39-44(68-48(60)37-42(2)54-50(62)70-52(6,7)8)40-67-71(63,64)66-38-43(33-29-25-21-17-13-11-15-19-23-27-31-35-46(57)58)32-28-24-20-16-12-9-10-14-18-22-26-30-34-45(55)56/h41-44H,9-40H2,1-8H3,(H,53,61)(H,54,62)(H,55,56)(H,57,58)(H,63,64)/t41-,42-,43-,44?/m1/s1. The molecular weight excluding hydrogens is 940 g/mol. The number of amides is 2. The summed E-state index contributed by atoms with van der Waals surface area (Å²) in [6, 6.07) is -1.38. The Morgan fingerprint density at radius 3 is 1.15 bits per heavy atom. The number of ether oxygens (including phenoxy) is 4. The molecule has 416 valence electrons. The molecule has 0 aliphatic rings. The summed E-state index contributed by atoms with van der Waals surface area (Å²) in [4.78, 5) is 82.5. The zero-order chi connectivity index (χ0) is 53.6. The second kappa shape index (κ2) is 40.0. The van der Waals surface area contributed by atoms with Crippen LogP contribution in [0, 0.1) is 5.92 Å². The highest BCUT2D eigenvalue weighted by atomic mass is 31.2. The van der Waals surface area contributed by atoms with Crippen molar-refractivity contribution in [2.75, 3.05) is 19.8 Å². The van der Waals surface area contributed by atoms with Crippen LogP contribution in [-0.2, 0) is 51.7 Å². The number of phosphoric acid groups is 1. The summed E-state index contributed by atoms with van der Waals surface area (Å²) in [7, 11) is -4.68. The van der Waals surface area contributed by atoms with Crippen LogP contribution in [0.25, 0.3) is 0 Å². The fourth-order valence-electron chi connectivity index (χ4n) is 7.72. The van der Waals surface area contributed by atoms with Gasteiger partial charge in [0, 0.05) is 24.9 Å². The van der Waals surface area contributed by atoms with Crippen molar-refractivity contribution in [1.29, 1.82) is 0 Å². The predicted molar refractivity (Wildman–Crippen MR) is 273 cm³/mol. The van der Waals surface area contributed by atoms with E-state index in [1.165, 1.54) is 25.7 Å². The number of carboxylic acids is 2. The van der Waals surface area contributed by atoms with Crippen molar-refractivity contribution >= 4 is 43.9 Å². The molecular formula is C52H97N2O16P. The van der Waals surface area contributed by atoms with E-state index >= 15 is 0 Å². The molecule has 0 bridgehead atoms. The normalized spacial score (nSPS) is 14.3. The highest BCUT2D eigenvalue weighted by Gasteiger charge is 2.29. The van der Waals surface area contributed by atoms with Crippen molar-refractivity contribution in [1.82, 2.24) is 10.6 Å². The maximum atomic E-state index is 13.3. The highest BCUT2D eigenvalue weighted by molar-refractivity contribution is 7.47. The van der Waals surface area contributed by atoms with Gasteiger partial charge >= 0.3 is 43.9 Å². The van der Waals surface area contributed by atoms with Gasteiger partial charge in [-0.25, -0.2) is 14.2 Å². The first-order valence-electron chi connectivity index (χ1n) is 26.8. The van der Waals surface area contributed by atoms with Crippen LogP contribution in [0.5, 0.6) is 0 Å². The molecule has 19 heteroatoms. The van der Waals surface area contributed by atoms with Gasteiger partial charge in [-0.2, -0.15) is 0 Å². The van der Waals surface area contributed by atoms with Crippen LogP contribution in [0.4, 0.5) is 9.59 Å². The number of carboxylic acid groups (broad SMARTS) is 2. The Morgan fingerprint density at radius 2 is 0.803 bits per heavy atom. The van der Waals surface area contributed by atoms with Crippen molar-refractivity contribution in [3.8, 4) is 0 Å². The summed E-state index contributed by atoms with van der Waals surface area (Å²) in [5, 5.41) is 22.7. The Morgan fingerprint density at radius 1 is 0.479 bits per heavy atom. The lowest BCUT2D eigenvalue weighted by atomic mass is 9.94. The lowest BCUT2D eigenvalue weighted by Crippen LogP contribution is -2.40. The van der Waals surface area contributed by atoms with E-state index in [0.29, 0.717) is 0 Å². The molecule has 18 nitrogen and oxygen atoms in total. The van der Waals surface area contributed by atoms with Gasteiger partial charge in [0.2, 0.25) is 0 Å². The second-order valence-electron chi connectivity index (χ2n) is 21.2. The summed E-state index contributed by atoms with van der Waals surface area (Å²) >= 11 is 0. The molecule has 0 aliphatic carbocycles. The van der Waals surface area contributed by atoms with Gasteiger partial charge in [0.15, 0.2) is 6.10 Å². The molecule has 0 radical (unpaired) electrons. The second-order valence-corrected chi connectivity index (χ2v) is 22.7. The van der Waals surface area contributed by atoms with Crippen LogP contribution >= 0.6 is 7.82 Å². The van der Waals surface area contributed by atoms with Crippen LogP contribution < -0.4 is 10.6 Å². The van der Waals surface area contributed by atoms with Gasteiger partial charge in [0.25, 0.3) is 0 Å². The molecule has 0 fully saturated rings. The molecule has 0 aromatic heterocycles. The van der Waals surface area contributed by atoms with Crippen molar-refractivity contribution in [2.45, 2.75) is 271 Å². The maximum absolute atomic E-state index is 13.3. The molecule has 5 atom stereocenters. The number of nitrogens with one attached hydrogen (secondary N) is 2. The Kier molecular flexibility index (Phi) is 38.0. The molecule has 0 heterocycles. The van der Waals surface area contributed by atoms with Crippen LogP contribution in [0.2, 0.25) is 0 Å². The van der Waals surface area contributed by atoms with Crippen molar-refractivity contribution in [2.24, 2.45) is 5.92 Å². The molecule has 0 aliphatic heterocycles. The van der Waals surface area contributed by atoms with Crippen molar-refractivity contribution in [3.05, 3.63) is 0 Å². The molecule has 2 unspecified atom stereocenters. The topological polar surface area (TPSA) is 260 Å². The van der Waals surface area contributed by atoms with E-state index < -0.39 is 86.5 Å². The van der Waals surface area contributed by atoms with E-state index in [9.17, 15) is 38.2 Å². The SMILES string of the molecule is C[C@H](CC(=O)OCC(COP(=O)(O)OC[C@H](CCCCCCCCCCCCCCC(=O)O)CCCCCCCCCCCCCC(=O)O)OC(=O)C[C@@H](C)NC(=O)OC(C)(C)C)NC(=O)OC(C)(C)C. The number of carbonyl (C=O) groups is 6. The van der Waals surface area contributed by atoms with E-state index in [1.807, 2.05) is 0 Å². The molecule has 0 rings (SSSR count). The summed E-state index contributed by atoms with van der Waals surface area (Å²) < 4.78 is 45.6. The van der Waals surface area contributed by atoms with E-state index in [4.69, 9.17) is 38.2 Å². The van der Waals surface area contributed by atoms with Gasteiger partial charge in [-0.1, -0.05) is 135 Å². The van der Waals surface area contributed by atoms with E-state index in [2.05, 4.69) is 10.6 Å². The number of hydrogen-bond donors (Lipinski definition) is 5. The molecule has 71 heavy (non-hydrogen) atoms. The Balaban J connectivity index is 5.37. The molecule has 0 saturated heterocycles. The monoisotopic (exact) mass is 1040 g/mol. The summed E-state index contributed by atoms with van der Waals surface area (Å²) in [5.41, 5.74) is -1.51. The van der Waals surface area contributed by atoms with Gasteiger partial charge in [-0.3, -0.25) is 28.2 Å². The number of rotatable bonds is 44.